The number of hydrogen-bond donors (Lipinski definition) is 0. The monoisotopic (exact) mass is 467 g/mol. The fourth-order valence-electron chi connectivity index (χ4n) is 2.72. The molecular weight excluding hydrogens is 429 g/mol. The zero-order valence-electron chi connectivity index (χ0n) is 15.6. The van der Waals surface area contributed by atoms with E-state index in [1.165, 1.54) is 19.3 Å². The van der Waals surface area contributed by atoms with E-state index in [0.717, 1.165) is 32.0 Å². The topological polar surface area (TPSA) is 0 Å². The van der Waals surface area contributed by atoms with E-state index < -0.39 is 0 Å². The normalized spacial score (nSPS) is 15.0. The summed E-state index contributed by atoms with van der Waals surface area (Å²) in [5.41, 5.74) is 3.62. The van der Waals surface area contributed by atoms with Crippen molar-refractivity contribution in [2.75, 3.05) is 0 Å². The number of allylic oxidation sites excluding steroid dienone is 4. The molecule has 0 aliphatic carbocycles. The molecule has 1 atom stereocenters. The Kier molecular flexibility index (Phi) is 13.6. The standard InChI is InChI=1S/C18H34.CH3.Hg/c1-9-11-17(15(5)12-14(3)4)16(10-2)13-18(6,7)8;;/h9,11,14-15H,10,12-13H2,1-8H3;1H3;/b11-9-,17-16-;;. The van der Waals surface area contributed by atoms with Gasteiger partial charge in [-0.3, -0.25) is 0 Å². The second kappa shape index (κ2) is 12.0. The molecule has 0 spiro atoms. The molecule has 0 bridgehead atoms. The molecule has 0 N–H and O–H groups in total. The van der Waals surface area contributed by atoms with Crippen molar-refractivity contribution in [3.63, 3.8) is 0 Å². The van der Waals surface area contributed by atoms with Gasteiger partial charge >= 0.3 is 30.6 Å². The minimum atomic E-state index is 0.385. The summed E-state index contributed by atoms with van der Waals surface area (Å²) in [5, 5.41) is 0. The Hall–Kier alpha value is 0.415. The first-order valence-electron chi connectivity index (χ1n) is 8.26. The van der Waals surface area contributed by atoms with Crippen molar-refractivity contribution >= 4 is 0 Å². The Balaban J connectivity index is 0. The summed E-state index contributed by atoms with van der Waals surface area (Å²) >= 11 is 1.03. The van der Waals surface area contributed by atoms with Crippen LogP contribution in [0.2, 0.25) is 4.43 Å². The fourth-order valence-corrected chi connectivity index (χ4v) is 2.72. The third-order valence-corrected chi connectivity index (χ3v) is 3.28. The van der Waals surface area contributed by atoms with Crippen molar-refractivity contribution in [3.8, 4) is 0 Å². The molecule has 115 valence electrons. The summed E-state index contributed by atoms with van der Waals surface area (Å²) in [6, 6.07) is 0. The van der Waals surface area contributed by atoms with Crippen LogP contribution in [-0.4, -0.2) is 0 Å². The Bertz CT molecular complexity index is 289. The van der Waals surface area contributed by atoms with E-state index in [0.29, 0.717) is 11.3 Å². The third-order valence-electron chi connectivity index (χ3n) is 3.28. The molecule has 0 aliphatic heterocycles. The summed E-state index contributed by atoms with van der Waals surface area (Å²) in [6.07, 6.45) is 8.22. The molecule has 0 rings (SSSR count). The van der Waals surface area contributed by atoms with Gasteiger partial charge in [0.1, 0.15) is 0 Å². The Morgan fingerprint density at radius 2 is 1.60 bits per heavy atom. The Morgan fingerprint density at radius 3 is 1.90 bits per heavy atom. The summed E-state index contributed by atoms with van der Waals surface area (Å²) in [5.74, 6) is 1.45. The molecular formula is C19H37Hg. The molecule has 0 saturated heterocycles. The first-order valence-corrected chi connectivity index (χ1v) is 13.8. The van der Waals surface area contributed by atoms with Gasteiger partial charge in [-0.15, -0.1) is 0 Å². The second-order valence-corrected chi connectivity index (χ2v) is 7.18. The molecule has 0 saturated carbocycles. The van der Waals surface area contributed by atoms with Gasteiger partial charge in [-0.05, 0) is 49.0 Å². The molecule has 0 aromatic rings. The molecule has 0 aromatic heterocycles. The first kappa shape index (κ1) is 22.7. The average molecular weight is 466 g/mol. The van der Waals surface area contributed by atoms with Crippen molar-refractivity contribution in [2.45, 2.75) is 79.1 Å². The molecule has 20 heavy (non-hydrogen) atoms. The first-order chi connectivity index (χ1) is 9.21. The van der Waals surface area contributed by atoms with Crippen molar-refractivity contribution in [3.05, 3.63) is 23.3 Å². The molecule has 0 fully saturated rings. The molecule has 1 heteroatoms. The van der Waals surface area contributed by atoms with E-state index in [1.54, 1.807) is 11.1 Å². The van der Waals surface area contributed by atoms with Crippen molar-refractivity contribution in [2.24, 2.45) is 17.3 Å². The molecule has 0 aliphatic rings. The fraction of sp³-hybridized carbons (Fsp3) is 0.789. The van der Waals surface area contributed by atoms with Crippen LogP contribution in [-0.2, 0) is 26.1 Å². The van der Waals surface area contributed by atoms with E-state index in [4.69, 9.17) is 0 Å². The van der Waals surface area contributed by atoms with E-state index in [9.17, 15) is 0 Å². The van der Waals surface area contributed by atoms with Crippen LogP contribution in [0.3, 0.4) is 0 Å². The van der Waals surface area contributed by atoms with Gasteiger partial charge in [0, 0.05) is 0 Å². The molecule has 0 amide bonds. The molecule has 1 unspecified atom stereocenters. The Labute approximate surface area is 145 Å². The maximum atomic E-state index is 2.38. The van der Waals surface area contributed by atoms with Gasteiger partial charge in [-0.25, -0.2) is 0 Å². The second-order valence-electron chi connectivity index (χ2n) is 7.18. The van der Waals surface area contributed by atoms with Crippen molar-refractivity contribution in [1.29, 1.82) is 0 Å². The molecule has 0 nitrogen and oxygen atoms in total. The van der Waals surface area contributed by atoms with E-state index in [-0.39, 0.29) is 0 Å². The zero-order chi connectivity index (χ0) is 16.3. The molecule has 0 heterocycles. The van der Waals surface area contributed by atoms with Gasteiger partial charge in [0.2, 0.25) is 0 Å². The summed E-state index contributed by atoms with van der Waals surface area (Å²) in [7, 11) is 0. The van der Waals surface area contributed by atoms with Crippen LogP contribution in [0.15, 0.2) is 23.3 Å². The van der Waals surface area contributed by atoms with Gasteiger partial charge in [0.15, 0.2) is 0 Å². The molecule has 0 aromatic carbocycles. The molecule has 0 radical (unpaired) electrons. The zero-order valence-corrected chi connectivity index (χ0v) is 21.1. The van der Waals surface area contributed by atoms with E-state index in [2.05, 4.69) is 72.0 Å². The van der Waals surface area contributed by atoms with E-state index in [1.807, 2.05) is 0 Å². The third kappa shape index (κ3) is 11.1. The summed E-state index contributed by atoms with van der Waals surface area (Å²) < 4.78 is 2.19. The predicted molar refractivity (Wildman–Crippen MR) is 90.7 cm³/mol. The SMILES string of the molecule is C/C=C\C(=C(/CC)CC(C)(C)C)C(C)CC(C)C.[CH3][Hg]. The van der Waals surface area contributed by atoms with Gasteiger partial charge in [-0.1, -0.05) is 66.2 Å². The van der Waals surface area contributed by atoms with Gasteiger partial charge in [0.05, 0.1) is 0 Å². The number of rotatable bonds is 6. The summed E-state index contributed by atoms with van der Waals surface area (Å²) in [6.45, 7) is 18.5. The van der Waals surface area contributed by atoms with Gasteiger partial charge in [0.25, 0.3) is 0 Å². The van der Waals surface area contributed by atoms with Crippen LogP contribution < -0.4 is 0 Å². The summed E-state index contributed by atoms with van der Waals surface area (Å²) in [4.78, 5) is 0. The quantitative estimate of drug-likeness (QED) is 0.293. The average Bonchev–Trinajstić information content (AvgIpc) is 2.33. The van der Waals surface area contributed by atoms with Crippen molar-refractivity contribution in [1.82, 2.24) is 0 Å². The Morgan fingerprint density at radius 1 is 1.10 bits per heavy atom. The van der Waals surface area contributed by atoms with Crippen LogP contribution in [0.4, 0.5) is 0 Å². The van der Waals surface area contributed by atoms with Gasteiger partial charge in [-0.2, -0.15) is 0 Å². The van der Waals surface area contributed by atoms with Crippen LogP contribution in [0.5, 0.6) is 0 Å². The number of hydrogen-bond acceptors (Lipinski definition) is 0. The van der Waals surface area contributed by atoms with Gasteiger partial charge < -0.3 is 0 Å². The van der Waals surface area contributed by atoms with Crippen LogP contribution in [0.25, 0.3) is 0 Å². The van der Waals surface area contributed by atoms with Crippen molar-refractivity contribution < 1.29 is 26.1 Å². The van der Waals surface area contributed by atoms with Crippen LogP contribution in [0, 0.1) is 17.3 Å². The van der Waals surface area contributed by atoms with E-state index >= 15 is 0 Å². The van der Waals surface area contributed by atoms with Crippen LogP contribution in [0.1, 0.15) is 74.7 Å². The maximum absolute atomic E-state index is 2.38. The minimum absolute atomic E-state index is 0.385. The predicted octanol–water partition coefficient (Wildman–Crippen LogP) is 6.97. The van der Waals surface area contributed by atoms with Crippen LogP contribution >= 0.6 is 0 Å².